The third kappa shape index (κ3) is 4.26. The molecule has 0 saturated carbocycles. The third-order valence-corrected chi connectivity index (χ3v) is 5.54. The van der Waals surface area contributed by atoms with Gasteiger partial charge in [0.05, 0.1) is 17.6 Å². The number of hydrogen-bond donors (Lipinski definition) is 2. The third-order valence-electron chi connectivity index (χ3n) is 5.54. The SMILES string of the molecule is CCn1cc(-c2ccnc3c(C(=O)Nc4ccc(NC(=O)c5ccn(C)n5)cc4)cnn23)c(C)n1. The fraction of sp³-hybridized carbons (Fsp3) is 0.167. The van der Waals surface area contributed by atoms with Gasteiger partial charge in [-0.05, 0) is 50.2 Å². The van der Waals surface area contributed by atoms with Gasteiger partial charge in [0.15, 0.2) is 11.3 Å². The summed E-state index contributed by atoms with van der Waals surface area (Å²) in [6, 6.07) is 10.3. The normalized spacial score (nSPS) is 11.1. The molecule has 2 amide bonds. The predicted molar refractivity (Wildman–Crippen MR) is 130 cm³/mol. The molecule has 0 unspecified atom stereocenters. The van der Waals surface area contributed by atoms with Gasteiger partial charge >= 0.3 is 0 Å². The molecule has 0 atom stereocenters. The Morgan fingerprint density at radius 2 is 1.69 bits per heavy atom. The lowest BCUT2D eigenvalue weighted by atomic mass is 10.2. The molecule has 11 heteroatoms. The Balaban J connectivity index is 1.33. The quantitative estimate of drug-likeness (QED) is 0.394. The van der Waals surface area contributed by atoms with Crippen molar-refractivity contribution in [2.24, 2.45) is 7.05 Å². The van der Waals surface area contributed by atoms with Crippen LogP contribution in [0.3, 0.4) is 0 Å². The first-order valence-electron chi connectivity index (χ1n) is 11.0. The van der Waals surface area contributed by atoms with E-state index in [1.165, 1.54) is 6.20 Å². The van der Waals surface area contributed by atoms with Crippen LogP contribution in [0, 0.1) is 6.92 Å². The van der Waals surface area contributed by atoms with E-state index in [1.807, 2.05) is 30.8 Å². The smallest absolute Gasteiger partial charge is 0.276 e. The van der Waals surface area contributed by atoms with E-state index < -0.39 is 0 Å². The van der Waals surface area contributed by atoms with Crippen LogP contribution in [0.1, 0.15) is 33.5 Å². The summed E-state index contributed by atoms with van der Waals surface area (Å²) in [6.45, 7) is 4.72. The van der Waals surface area contributed by atoms with E-state index in [1.54, 1.807) is 59.0 Å². The molecule has 0 bridgehead atoms. The van der Waals surface area contributed by atoms with Gasteiger partial charge in [-0.25, -0.2) is 9.50 Å². The van der Waals surface area contributed by atoms with Crippen LogP contribution >= 0.6 is 0 Å². The molecule has 0 spiro atoms. The number of nitrogens with zero attached hydrogens (tertiary/aromatic N) is 7. The van der Waals surface area contributed by atoms with Gasteiger partial charge in [0.25, 0.3) is 11.8 Å². The lowest BCUT2D eigenvalue weighted by Crippen LogP contribution is -2.14. The van der Waals surface area contributed by atoms with Crippen molar-refractivity contribution in [1.82, 2.24) is 34.2 Å². The number of fused-ring (bicyclic) bond motifs is 1. The Kier molecular flexibility index (Phi) is 5.57. The predicted octanol–water partition coefficient (Wildman–Crippen LogP) is 3.16. The molecular formula is C24H23N9O2. The summed E-state index contributed by atoms with van der Waals surface area (Å²) in [4.78, 5) is 29.6. The topological polar surface area (TPSA) is 124 Å². The van der Waals surface area contributed by atoms with E-state index >= 15 is 0 Å². The summed E-state index contributed by atoms with van der Waals surface area (Å²) >= 11 is 0. The van der Waals surface area contributed by atoms with Crippen LogP contribution in [-0.2, 0) is 13.6 Å². The lowest BCUT2D eigenvalue weighted by molar-refractivity contribution is 0.101. The van der Waals surface area contributed by atoms with E-state index in [2.05, 4.69) is 30.9 Å². The molecule has 35 heavy (non-hydrogen) atoms. The number of aryl methyl sites for hydroxylation is 3. The number of benzene rings is 1. The van der Waals surface area contributed by atoms with E-state index in [4.69, 9.17) is 0 Å². The van der Waals surface area contributed by atoms with Gasteiger partial charge in [-0.3, -0.25) is 19.0 Å². The van der Waals surface area contributed by atoms with Gasteiger partial charge in [-0.2, -0.15) is 15.3 Å². The minimum absolute atomic E-state index is 0.310. The molecule has 0 aliphatic heterocycles. The van der Waals surface area contributed by atoms with Gasteiger partial charge in [0, 0.05) is 49.1 Å². The van der Waals surface area contributed by atoms with Gasteiger partial charge in [0.1, 0.15) is 5.56 Å². The van der Waals surface area contributed by atoms with Crippen LogP contribution in [-0.4, -0.2) is 46.0 Å². The average molecular weight is 470 g/mol. The summed E-state index contributed by atoms with van der Waals surface area (Å²) in [7, 11) is 1.75. The second-order valence-corrected chi connectivity index (χ2v) is 7.97. The summed E-state index contributed by atoms with van der Waals surface area (Å²) in [5.41, 5.74) is 4.88. The highest BCUT2D eigenvalue weighted by atomic mass is 16.2. The van der Waals surface area contributed by atoms with Crippen molar-refractivity contribution >= 4 is 28.8 Å². The van der Waals surface area contributed by atoms with E-state index in [9.17, 15) is 9.59 Å². The Morgan fingerprint density at radius 1 is 0.971 bits per heavy atom. The highest BCUT2D eigenvalue weighted by molar-refractivity contribution is 6.08. The molecule has 5 aromatic rings. The maximum Gasteiger partial charge on any atom is 0.276 e. The van der Waals surface area contributed by atoms with Gasteiger partial charge in [0.2, 0.25) is 0 Å². The zero-order valence-electron chi connectivity index (χ0n) is 19.4. The fourth-order valence-electron chi connectivity index (χ4n) is 3.75. The molecule has 5 rings (SSSR count). The summed E-state index contributed by atoms with van der Waals surface area (Å²) < 4.78 is 5.07. The molecule has 1 aromatic carbocycles. The molecule has 0 radical (unpaired) electrons. The van der Waals surface area contributed by atoms with Gasteiger partial charge in [-0.15, -0.1) is 0 Å². The summed E-state index contributed by atoms with van der Waals surface area (Å²) in [5, 5.41) is 18.6. The lowest BCUT2D eigenvalue weighted by Gasteiger charge is -2.07. The molecular weight excluding hydrogens is 446 g/mol. The molecule has 0 saturated heterocycles. The maximum absolute atomic E-state index is 13.0. The van der Waals surface area contributed by atoms with Gasteiger partial charge in [-0.1, -0.05) is 0 Å². The number of hydrogen-bond acceptors (Lipinski definition) is 6. The molecule has 11 nitrogen and oxygen atoms in total. The monoisotopic (exact) mass is 469 g/mol. The van der Waals surface area contributed by atoms with Gasteiger partial charge < -0.3 is 10.6 Å². The molecule has 0 aliphatic rings. The van der Waals surface area contributed by atoms with Crippen molar-refractivity contribution in [2.75, 3.05) is 10.6 Å². The van der Waals surface area contributed by atoms with E-state index in [0.717, 1.165) is 23.5 Å². The largest absolute Gasteiger partial charge is 0.322 e. The van der Waals surface area contributed by atoms with Crippen molar-refractivity contribution in [3.8, 4) is 11.3 Å². The van der Waals surface area contributed by atoms with Crippen molar-refractivity contribution in [3.63, 3.8) is 0 Å². The standard InChI is InChI=1S/C24H23N9O2/c1-4-32-14-19(15(2)29-32)21-9-11-25-22-18(13-26-33(21)22)23(34)27-16-5-7-17(8-6-16)28-24(35)20-10-12-31(3)30-20/h5-14H,4H2,1-3H3,(H,27,34)(H,28,35). The molecule has 4 aromatic heterocycles. The summed E-state index contributed by atoms with van der Waals surface area (Å²) in [6.07, 6.45) is 6.82. The zero-order chi connectivity index (χ0) is 24.5. The van der Waals surface area contributed by atoms with Crippen molar-refractivity contribution < 1.29 is 9.59 Å². The molecule has 2 N–H and O–H groups in total. The Bertz CT molecular complexity index is 1540. The first-order chi connectivity index (χ1) is 16.9. The zero-order valence-corrected chi connectivity index (χ0v) is 19.4. The number of amides is 2. The number of nitrogens with one attached hydrogen (secondary N) is 2. The Morgan fingerprint density at radius 3 is 2.31 bits per heavy atom. The minimum Gasteiger partial charge on any atom is -0.322 e. The van der Waals surface area contributed by atoms with Crippen LogP contribution in [0.5, 0.6) is 0 Å². The molecule has 176 valence electrons. The molecule has 0 aliphatic carbocycles. The van der Waals surface area contributed by atoms with Crippen LogP contribution in [0.15, 0.2) is 61.2 Å². The van der Waals surface area contributed by atoms with Crippen molar-refractivity contribution in [3.05, 3.63) is 78.1 Å². The summed E-state index contributed by atoms with van der Waals surface area (Å²) in [5.74, 6) is -0.647. The minimum atomic E-state index is -0.337. The number of aromatic nitrogens is 7. The second kappa shape index (κ2) is 8.86. The second-order valence-electron chi connectivity index (χ2n) is 7.97. The molecule has 4 heterocycles. The Hall–Kier alpha value is -4.80. The van der Waals surface area contributed by atoms with E-state index in [0.29, 0.717) is 28.3 Å². The van der Waals surface area contributed by atoms with Crippen molar-refractivity contribution in [1.29, 1.82) is 0 Å². The highest BCUT2D eigenvalue weighted by Crippen LogP contribution is 2.24. The van der Waals surface area contributed by atoms with E-state index in [-0.39, 0.29) is 11.8 Å². The first kappa shape index (κ1) is 22.0. The molecule has 0 fully saturated rings. The first-order valence-corrected chi connectivity index (χ1v) is 11.0. The number of rotatable bonds is 6. The average Bonchev–Trinajstić information content (AvgIpc) is 3.58. The fourth-order valence-corrected chi connectivity index (χ4v) is 3.75. The highest BCUT2D eigenvalue weighted by Gasteiger charge is 2.18. The van der Waals surface area contributed by atoms with Crippen LogP contribution < -0.4 is 10.6 Å². The van der Waals surface area contributed by atoms with Crippen LogP contribution in [0.25, 0.3) is 16.9 Å². The number of carbonyl (C=O) groups is 2. The Labute approximate surface area is 200 Å². The maximum atomic E-state index is 13.0. The number of carbonyl (C=O) groups excluding carboxylic acids is 2. The van der Waals surface area contributed by atoms with Crippen LogP contribution in [0.2, 0.25) is 0 Å². The number of anilines is 2. The van der Waals surface area contributed by atoms with Crippen molar-refractivity contribution in [2.45, 2.75) is 20.4 Å². The van der Waals surface area contributed by atoms with Crippen LogP contribution in [0.4, 0.5) is 11.4 Å².